The van der Waals surface area contributed by atoms with E-state index < -0.39 is 0 Å². The minimum Gasteiger partial charge on any atom is -0.356 e. The molecule has 0 aliphatic carbocycles. The van der Waals surface area contributed by atoms with Crippen molar-refractivity contribution in [2.75, 3.05) is 5.32 Å². The summed E-state index contributed by atoms with van der Waals surface area (Å²) in [5, 5.41) is 6.69. The summed E-state index contributed by atoms with van der Waals surface area (Å²) in [5.74, 6) is 0.758. The average molecular weight is 334 g/mol. The van der Waals surface area contributed by atoms with Crippen LogP contribution in [0.3, 0.4) is 0 Å². The molecule has 0 fully saturated rings. The molecule has 0 aliphatic rings. The fourth-order valence-corrected chi connectivity index (χ4v) is 2.45. The molecular formula is C17H14N6O2. The number of anilines is 1. The van der Waals surface area contributed by atoms with E-state index >= 15 is 0 Å². The minimum absolute atomic E-state index is 0.0784. The van der Waals surface area contributed by atoms with Crippen LogP contribution >= 0.6 is 0 Å². The number of aromatic nitrogens is 5. The summed E-state index contributed by atoms with van der Waals surface area (Å²) in [6.07, 6.45) is 2.93. The van der Waals surface area contributed by atoms with Crippen LogP contribution in [-0.2, 0) is 11.2 Å². The fraction of sp³-hybridized carbons (Fsp3) is 0.118. The second-order valence-electron chi connectivity index (χ2n) is 5.60. The number of aromatic amines is 1. The molecule has 0 radical (unpaired) electrons. The Morgan fingerprint density at radius 2 is 2.04 bits per heavy atom. The molecule has 0 atom stereocenters. The molecule has 4 aromatic rings. The van der Waals surface area contributed by atoms with Crippen LogP contribution in [0, 0.1) is 6.92 Å². The number of hydrogen-bond acceptors (Lipinski definition) is 6. The van der Waals surface area contributed by atoms with Gasteiger partial charge in [0.2, 0.25) is 5.91 Å². The van der Waals surface area contributed by atoms with Gasteiger partial charge in [0.15, 0.2) is 17.2 Å². The first kappa shape index (κ1) is 15.0. The second kappa shape index (κ2) is 6.16. The number of benzene rings is 1. The Bertz CT molecular complexity index is 1030. The van der Waals surface area contributed by atoms with Crippen LogP contribution in [0.15, 0.2) is 47.5 Å². The zero-order valence-electron chi connectivity index (χ0n) is 13.4. The van der Waals surface area contributed by atoms with E-state index in [1.54, 1.807) is 6.07 Å². The number of carbonyl (C=O) groups excluding carboxylic acids is 1. The zero-order valence-corrected chi connectivity index (χ0v) is 13.4. The van der Waals surface area contributed by atoms with Crippen LogP contribution in [0.5, 0.6) is 0 Å². The number of rotatable bonds is 4. The molecular weight excluding hydrogens is 320 g/mol. The Balaban J connectivity index is 1.48. The first-order valence-corrected chi connectivity index (χ1v) is 7.65. The van der Waals surface area contributed by atoms with Crippen LogP contribution in [0.25, 0.3) is 22.5 Å². The molecule has 1 aromatic carbocycles. The summed E-state index contributed by atoms with van der Waals surface area (Å²) >= 11 is 0. The Kier molecular flexibility index (Phi) is 3.70. The summed E-state index contributed by atoms with van der Waals surface area (Å²) in [6, 6.07) is 9.66. The molecule has 0 bridgehead atoms. The average Bonchev–Trinajstić information content (AvgIpc) is 3.25. The topological polar surface area (TPSA) is 110 Å². The van der Waals surface area contributed by atoms with Gasteiger partial charge in [-0.2, -0.15) is 0 Å². The van der Waals surface area contributed by atoms with Crippen molar-refractivity contribution in [3.8, 4) is 11.3 Å². The van der Waals surface area contributed by atoms with Crippen molar-refractivity contribution in [3.63, 3.8) is 0 Å². The molecule has 0 saturated heterocycles. The molecule has 0 unspecified atom stereocenters. The molecule has 3 aromatic heterocycles. The zero-order chi connectivity index (χ0) is 17.2. The molecule has 124 valence electrons. The SMILES string of the molecule is Cc1ccc(-c2cc(CC(=O)Nc3ncnc4nc[nH]c34)no2)cc1. The lowest BCUT2D eigenvalue weighted by molar-refractivity contribution is -0.115. The van der Waals surface area contributed by atoms with Gasteiger partial charge in [0, 0.05) is 11.6 Å². The summed E-state index contributed by atoms with van der Waals surface area (Å²) in [6.45, 7) is 2.02. The molecule has 3 heterocycles. The number of nitrogens with one attached hydrogen (secondary N) is 2. The minimum atomic E-state index is -0.252. The molecule has 25 heavy (non-hydrogen) atoms. The van der Waals surface area contributed by atoms with Gasteiger partial charge in [-0.25, -0.2) is 15.0 Å². The van der Waals surface area contributed by atoms with Crippen LogP contribution in [0.2, 0.25) is 0 Å². The second-order valence-corrected chi connectivity index (χ2v) is 5.60. The molecule has 2 N–H and O–H groups in total. The third kappa shape index (κ3) is 3.09. The monoisotopic (exact) mass is 334 g/mol. The van der Waals surface area contributed by atoms with Crippen molar-refractivity contribution in [1.82, 2.24) is 25.1 Å². The van der Waals surface area contributed by atoms with E-state index in [4.69, 9.17) is 4.52 Å². The van der Waals surface area contributed by atoms with E-state index in [9.17, 15) is 4.79 Å². The van der Waals surface area contributed by atoms with Crippen LogP contribution in [-0.4, -0.2) is 31.0 Å². The predicted molar refractivity (Wildman–Crippen MR) is 90.7 cm³/mol. The number of imidazole rings is 1. The number of aryl methyl sites for hydroxylation is 1. The van der Waals surface area contributed by atoms with Gasteiger partial charge >= 0.3 is 0 Å². The predicted octanol–water partition coefficient (Wildman–Crippen LogP) is 2.50. The van der Waals surface area contributed by atoms with Crippen LogP contribution in [0.4, 0.5) is 5.82 Å². The van der Waals surface area contributed by atoms with E-state index in [2.05, 4.69) is 30.4 Å². The number of H-pyrrole nitrogens is 1. The molecule has 8 nitrogen and oxygen atoms in total. The summed E-state index contributed by atoms with van der Waals surface area (Å²) in [7, 11) is 0. The summed E-state index contributed by atoms with van der Waals surface area (Å²) in [4.78, 5) is 27.2. The van der Waals surface area contributed by atoms with Crippen molar-refractivity contribution in [3.05, 3.63) is 54.2 Å². The number of carbonyl (C=O) groups is 1. The number of hydrogen-bond donors (Lipinski definition) is 2. The summed E-state index contributed by atoms with van der Waals surface area (Å²) < 4.78 is 5.33. The molecule has 0 saturated carbocycles. The maximum atomic E-state index is 12.3. The van der Waals surface area contributed by atoms with E-state index in [1.165, 1.54) is 12.7 Å². The van der Waals surface area contributed by atoms with Gasteiger partial charge in [0.1, 0.15) is 11.8 Å². The Hall–Kier alpha value is -3.55. The maximum absolute atomic E-state index is 12.3. The molecule has 4 rings (SSSR count). The van der Waals surface area contributed by atoms with Crippen molar-refractivity contribution in [1.29, 1.82) is 0 Å². The summed E-state index contributed by atoms with van der Waals surface area (Å²) in [5.41, 5.74) is 3.70. The lowest BCUT2D eigenvalue weighted by Gasteiger charge is -2.02. The Labute approximate surface area is 142 Å². The van der Waals surface area contributed by atoms with E-state index in [0.717, 1.165) is 11.1 Å². The largest absolute Gasteiger partial charge is 0.356 e. The van der Waals surface area contributed by atoms with Gasteiger partial charge in [-0.1, -0.05) is 35.0 Å². The Morgan fingerprint density at radius 3 is 2.88 bits per heavy atom. The Morgan fingerprint density at radius 1 is 1.20 bits per heavy atom. The molecule has 0 aliphatic heterocycles. The molecule has 1 amide bonds. The van der Waals surface area contributed by atoms with Crippen LogP contribution in [0.1, 0.15) is 11.3 Å². The maximum Gasteiger partial charge on any atom is 0.231 e. The number of amides is 1. The molecule has 0 spiro atoms. The lowest BCUT2D eigenvalue weighted by Crippen LogP contribution is -2.16. The van der Waals surface area contributed by atoms with E-state index in [1.807, 2.05) is 31.2 Å². The quantitative estimate of drug-likeness (QED) is 0.593. The van der Waals surface area contributed by atoms with Gasteiger partial charge in [-0.05, 0) is 6.92 Å². The van der Waals surface area contributed by atoms with Crippen molar-refractivity contribution >= 4 is 22.9 Å². The highest BCUT2D eigenvalue weighted by Crippen LogP contribution is 2.21. The van der Waals surface area contributed by atoms with E-state index in [0.29, 0.717) is 28.4 Å². The van der Waals surface area contributed by atoms with Crippen molar-refractivity contribution < 1.29 is 9.32 Å². The van der Waals surface area contributed by atoms with Crippen molar-refractivity contribution in [2.24, 2.45) is 0 Å². The van der Waals surface area contributed by atoms with Gasteiger partial charge in [-0.15, -0.1) is 0 Å². The lowest BCUT2D eigenvalue weighted by atomic mass is 10.1. The number of nitrogens with zero attached hydrogens (tertiary/aromatic N) is 4. The number of fused-ring (bicyclic) bond motifs is 1. The van der Waals surface area contributed by atoms with Crippen molar-refractivity contribution in [2.45, 2.75) is 13.3 Å². The highest BCUT2D eigenvalue weighted by atomic mass is 16.5. The third-order valence-electron chi connectivity index (χ3n) is 3.72. The van der Waals surface area contributed by atoms with Gasteiger partial charge in [-0.3, -0.25) is 4.79 Å². The van der Waals surface area contributed by atoms with Crippen LogP contribution < -0.4 is 5.32 Å². The smallest absolute Gasteiger partial charge is 0.231 e. The third-order valence-corrected chi connectivity index (χ3v) is 3.72. The van der Waals surface area contributed by atoms with Gasteiger partial charge < -0.3 is 14.8 Å². The van der Waals surface area contributed by atoms with Gasteiger partial charge in [0.25, 0.3) is 0 Å². The standard InChI is InChI=1S/C17H14N6O2/c1-10-2-4-11(5-3-10)13-6-12(23-25-13)7-14(24)22-17-15-16(19-8-18-15)20-9-21-17/h2-6,8-9H,7H2,1H3,(H2,18,19,20,21,22,24). The van der Waals surface area contributed by atoms with E-state index in [-0.39, 0.29) is 12.3 Å². The fourth-order valence-electron chi connectivity index (χ4n) is 2.45. The normalized spacial score (nSPS) is 10.9. The first-order chi connectivity index (χ1) is 12.2. The molecule has 8 heteroatoms. The van der Waals surface area contributed by atoms with Gasteiger partial charge in [0.05, 0.1) is 18.4 Å². The highest BCUT2D eigenvalue weighted by Gasteiger charge is 2.13. The highest BCUT2D eigenvalue weighted by molar-refractivity contribution is 5.97. The first-order valence-electron chi connectivity index (χ1n) is 7.65.